The van der Waals surface area contributed by atoms with Gasteiger partial charge in [-0.1, -0.05) is 51.0 Å². The number of hydrogen-bond acceptors (Lipinski definition) is 4. The fraction of sp³-hybridized carbons (Fsp3) is 0.688. The number of hydrogen-bond donors (Lipinski definition) is 0. The van der Waals surface area contributed by atoms with E-state index in [2.05, 4.69) is 20.1 Å². The molecule has 0 heterocycles. The monoisotopic (exact) mass is 316 g/mol. The molecule has 0 fully saturated rings. The molecule has 1 atom stereocenters. The number of carbonyl (C=O) groups excluding carboxylic acids is 1. The van der Waals surface area contributed by atoms with Crippen LogP contribution in [0.25, 0.3) is 0 Å². The second kappa shape index (κ2) is 10.1. The third kappa shape index (κ3) is 7.75. The van der Waals surface area contributed by atoms with E-state index in [-0.39, 0.29) is 19.1 Å². The summed E-state index contributed by atoms with van der Waals surface area (Å²) >= 11 is 0. The Hall–Kier alpha value is -0.700. The molecule has 0 aromatic rings. The van der Waals surface area contributed by atoms with Crippen molar-refractivity contribution in [1.29, 1.82) is 0 Å². The maximum atomic E-state index is 12.8. The predicted octanol–water partition coefficient (Wildman–Crippen LogP) is 5.11. The van der Waals surface area contributed by atoms with Crippen LogP contribution < -0.4 is 0 Å². The van der Waals surface area contributed by atoms with Gasteiger partial charge in [0.15, 0.2) is 0 Å². The van der Waals surface area contributed by atoms with Crippen LogP contribution in [0.3, 0.4) is 0 Å². The highest BCUT2D eigenvalue weighted by atomic mass is 31.2. The molecule has 0 radical (unpaired) electrons. The standard InChI is InChI=1S/C16H29O4P/c1-7-9-10-15(8-2)16(17)21(18,19-11-13(3)4)20-12-14(5)6/h15H,3,5,7-12H2,1-2,4,6H3. The molecule has 0 amide bonds. The van der Waals surface area contributed by atoms with Crippen molar-refractivity contribution in [2.24, 2.45) is 5.92 Å². The van der Waals surface area contributed by atoms with E-state index in [1.165, 1.54) is 0 Å². The molecular formula is C16H29O4P. The molecule has 122 valence electrons. The molecule has 4 nitrogen and oxygen atoms in total. The lowest BCUT2D eigenvalue weighted by Gasteiger charge is -2.22. The predicted molar refractivity (Wildman–Crippen MR) is 87.5 cm³/mol. The maximum absolute atomic E-state index is 12.8. The summed E-state index contributed by atoms with van der Waals surface area (Å²) in [6.45, 7) is 15.0. The first-order chi connectivity index (χ1) is 9.76. The van der Waals surface area contributed by atoms with Gasteiger partial charge in [-0.2, -0.15) is 0 Å². The van der Waals surface area contributed by atoms with Crippen LogP contribution in [-0.4, -0.2) is 18.7 Å². The largest absolute Gasteiger partial charge is 0.397 e. The van der Waals surface area contributed by atoms with Crippen molar-refractivity contribution in [3.05, 3.63) is 24.3 Å². The molecule has 0 saturated carbocycles. The first-order valence-electron chi connectivity index (χ1n) is 7.49. The highest BCUT2D eigenvalue weighted by Gasteiger charge is 2.39. The summed E-state index contributed by atoms with van der Waals surface area (Å²) in [5, 5.41) is 0. The Kier molecular flexibility index (Phi) is 9.76. The van der Waals surface area contributed by atoms with Gasteiger partial charge in [0.05, 0.1) is 13.2 Å². The van der Waals surface area contributed by atoms with E-state index >= 15 is 0 Å². The molecule has 0 aliphatic rings. The van der Waals surface area contributed by atoms with Crippen LogP contribution in [-0.2, 0) is 18.4 Å². The maximum Gasteiger partial charge on any atom is 0.397 e. The van der Waals surface area contributed by atoms with Crippen LogP contribution in [0.4, 0.5) is 0 Å². The quantitative estimate of drug-likeness (QED) is 0.371. The van der Waals surface area contributed by atoms with Gasteiger partial charge in [-0.05, 0) is 26.7 Å². The summed E-state index contributed by atoms with van der Waals surface area (Å²) in [4.78, 5) is 12.6. The zero-order valence-electron chi connectivity index (χ0n) is 13.8. The van der Waals surface area contributed by atoms with Crippen LogP contribution in [0.15, 0.2) is 24.3 Å². The van der Waals surface area contributed by atoms with Gasteiger partial charge < -0.3 is 0 Å². The molecule has 0 aromatic heterocycles. The Bertz CT molecular complexity index is 393. The van der Waals surface area contributed by atoms with Crippen molar-refractivity contribution in [3.8, 4) is 0 Å². The number of carbonyl (C=O) groups is 1. The summed E-state index contributed by atoms with van der Waals surface area (Å²) in [6.07, 6.45) is 3.26. The van der Waals surface area contributed by atoms with E-state index in [1.54, 1.807) is 13.8 Å². The summed E-state index contributed by atoms with van der Waals surface area (Å²) < 4.78 is 23.4. The molecule has 0 N–H and O–H groups in total. The van der Waals surface area contributed by atoms with Gasteiger partial charge >= 0.3 is 7.60 Å². The molecule has 0 aliphatic carbocycles. The van der Waals surface area contributed by atoms with Gasteiger partial charge in [0.2, 0.25) is 5.52 Å². The fourth-order valence-electron chi connectivity index (χ4n) is 1.73. The van der Waals surface area contributed by atoms with Crippen LogP contribution in [0, 0.1) is 5.92 Å². The molecule has 5 heteroatoms. The minimum absolute atomic E-state index is 0.0589. The number of unbranched alkanes of at least 4 members (excludes halogenated alkanes) is 1. The summed E-state index contributed by atoms with van der Waals surface area (Å²) in [5.41, 5.74) is 0.980. The molecule has 0 saturated heterocycles. The zero-order valence-corrected chi connectivity index (χ0v) is 14.7. The van der Waals surface area contributed by atoms with Crippen LogP contribution in [0.1, 0.15) is 53.4 Å². The van der Waals surface area contributed by atoms with E-state index in [9.17, 15) is 9.36 Å². The third-order valence-corrected chi connectivity index (χ3v) is 4.82. The average molecular weight is 316 g/mol. The Morgan fingerprint density at radius 2 is 1.57 bits per heavy atom. The molecule has 0 rings (SSSR count). The topological polar surface area (TPSA) is 52.6 Å². The normalized spacial score (nSPS) is 13.0. The van der Waals surface area contributed by atoms with E-state index in [0.717, 1.165) is 12.8 Å². The number of rotatable bonds is 12. The molecule has 21 heavy (non-hydrogen) atoms. The van der Waals surface area contributed by atoms with Crippen molar-refractivity contribution in [3.63, 3.8) is 0 Å². The van der Waals surface area contributed by atoms with E-state index in [0.29, 0.717) is 24.0 Å². The summed E-state index contributed by atoms with van der Waals surface area (Å²) in [7, 11) is -3.79. The Morgan fingerprint density at radius 3 is 1.90 bits per heavy atom. The highest BCUT2D eigenvalue weighted by molar-refractivity contribution is 7.71. The lowest BCUT2D eigenvalue weighted by molar-refractivity contribution is -0.117. The summed E-state index contributed by atoms with van der Waals surface area (Å²) in [5.74, 6) is -0.286. The lowest BCUT2D eigenvalue weighted by Crippen LogP contribution is -2.18. The zero-order chi connectivity index (χ0) is 16.5. The van der Waals surface area contributed by atoms with Gasteiger partial charge in [0, 0.05) is 5.92 Å². The second-order valence-electron chi connectivity index (χ2n) is 5.54. The first kappa shape index (κ1) is 20.3. The average Bonchev–Trinajstić information content (AvgIpc) is 2.43. The van der Waals surface area contributed by atoms with E-state index < -0.39 is 13.1 Å². The molecule has 0 aliphatic heterocycles. The summed E-state index contributed by atoms with van der Waals surface area (Å²) in [6, 6.07) is 0. The Morgan fingerprint density at radius 1 is 1.10 bits per heavy atom. The van der Waals surface area contributed by atoms with Gasteiger partial charge in [0.1, 0.15) is 0 Å². The van der Waals surface area contributed by atoms with Crippen molar-refractivity contribution in [2.75, 3.05) is 13.2 Å². The smallest absolute Gasteiger partial charge is 0.299 e. The first-order valence-corrected chi connectivity index (χ1v) is 9.03. The molecule has 0 spiro atoms. The molecule has 0 aromatic carbocycles. The lowest BCUT2D eigenvalue weighted by atomic mass is 10.0. The Labute approximate surface area is 129 Å². The highest BCUT2D eigenvalue weighted by Crippen LogP contribution is 2.52. The van der Waals surface area contributed by atoms with Gasteiger partial charge in [-0.25, -0.2) is 0 Å². The van der Waals surface area contributed by atoms with Crippen LogP contribution in [0.2, 0.25) is 0 Å². The molecule has 1 unspecified atom stereocenters. The van der Waals surface area contributed by atoms with Gasteiger partial charge in [-0.3, -0.25) is 18.4 Å². The SMILES string of the molecule is C=C(C)COP(=O)(OCC(=C)C)C(=O)C(CC)CCCC. The second-order valence-corrected chi connectivity index (χ2v) is 7.50. The minimum Gasteiger partial charge on any atom is -0.299 e. The molecular weight excluding hydrogens is 287 g/mol. The van der Waals surface area contributed by atoms with Crippen LogP contribution >= 0.6 is 7.60 Å². The third-order valence-electron chi connectivity index (χ3n) is 2.98. The van der Waals surface area contributed by atoms with Crippen molar-refractivity contribution in [2.45, 2.75) is 53.4 Å². The Balaban J connectivity index is 5.05. The molecule has 0 bridgehead atoms. The van der Waals surface area contributed by atoms with E-state index in [1.807, 2.05) is 6.92 Å². The van der Waals surface area contributed by atoms with Crippen molar-refractivity contribution in [1.82, 2.24) is 0 Å². The van der Waals surface area contributed by atoms with Crippen LogP contribution in [0.5, 0.6) is 0 Å². The fourth-order valence-corrected chi connectivity index (χ4v) is 3.60. The minimum atomic E-state index is -3.79. The van der Waals surface area contributed by atoms with E-state index in [4.69, 9.17) is 9.05 Å². The van der Waals surface area contributed by atoms with Crippen molar-refractivity contribution >= 4 is 13.1 Å². The van der Waals surface area contributed by atoms with Crippen molar-refractivity contribution < 1.29 is 18.4 Å². The van der Waals surface area contributed by atoms with Gasteiger partial charge in [-0.15, -0.1) is 0 Å². The van der Waals surface area contributed by atoms with Gasteiger partial charge in [0.25, 0.3) is 0 Å².